The second kappa shape index (κ2) is 3.33. The molecule has 4 nitrogen and oxygen atoms in total. The molecule has 0 atom stereocenters. The molecule has 1 aromatic heterocycles. The summed E-state index contributed by atoms with van der Waals surface area (Å²) in [7, 11) is 3.78. The first-order chi connectivity index (χ1) is 6.68. The lowest BCUT2D eigenvalue weighted by atomic mass is 9.99. The first-order valence-electron chi connectivity index (χ1n) is 4.64. The van der Waals surface area contributed by atoms with Crippen molar-refractivity contribution >= 4 is 25.2 Å². The first-order valence-corrected chi connectivity index (χ1v) is 4.64. The maximum absolute atomic E-state index is 11.6. The van der Waals surface area contributed by atoms with Crippen molar-refractivity contribution in [2.24, 2.45) is 0 Å². The summed E-state index contributed by atoms with van der Waals surface area (Å²) in [6, 6.07) is 3.88. The summed E-state index contributed by atoms with van der Waals surface area (Å²) >= 11 is 0. The van der Waals surface area contributed by atoms with E-state index >= 15 is 0 Å². The Labute approximate surface area is 83.9 Å². The number of rotatable bonds is 1. The molecule has 14 heavy (non-hydrogen) atoms. The summed E-state index contributed by atoms with van der Waals surface area (Å²) in [5.74, 6) is 0.741. The number of hydrogen-bond acceptors (Lipinski definition) is 2. The number of aromatic nitrogens is 1. The molecule has 5 heteroatoms. The van der Waals surface area contributed by atoms with Crippen molar-refractivity contribution in [2.75, 3.05) is 25.0 Å². The van der Waals surface area contributed by atoms with Crippen LogP contribution in [0.1, 0.15) is 0 Å². The van der Waals surface area contributed by atoms with Gasteiger partial charge in [0.2, 0.25) is 0 Å². The predicted molar refractivity (Wildman–Crippen MR) is 57.8 cm³/mol. The highest BCUT2D eigenvalue weighted by Gasteiger charge is 2.26. The van der Waals surface area contributed by atoms with Crippen LogP contribution in [0.3, 0.4) is 0 Å². The third-order valence-electron chi connectivity index (χ3n) is 2.39. The van der Waals surface area contributed by atoms with E-state index in [4.69, 9.17) is 0 Å². The number of hydrogen-bond donors (Lipinski definition) is 0. The van der Waals surface area contributed by atoms with Crippen LogP contribution in [0.2, 0.25) is 0 Å². The van der Waals surface area contributed by atoms with E-state index in [0.29, 0.717) is 0 Å². The SMILES string of the molecule is Bc1ccc(N2CCN(C)C2=O)nc1. The maximum Gasteiger partial charge on any atom is 0.325 e. The van der Waals surface area contributed by atoms with Crippen LogP contribution in [0.15, 0.2) is 18.3 Å². The highest BCUT2D eigenvalue weighted by molar-refractivity contribution is 6.32. The molecule has 2 rings (SSSR count). The molecule has 0 unspecified atom stereocenters. The number of urea groups is 1. The molecular formula is C9H12BN3O. The standard InChI is InChI=1S/C9H12BN3O/c1-12-4-5-13(9(12)14)8-3-2-7(10)6-11-8/h2-3,6H,4-5,10H2,1H3. The van der Waals surface area contributed by atoms with Gasteiger partial charge >= 0.3 is 6.03 Å². The number of nitrogens with zero attached hydrogens (tertiary/aromatic N) is 3. The number of anilines is 1. The molecule has 0 N–H and O–H groups in total. The minimum Gasteiger partial charge on any atom is -0.326 e. The number of carbonyl (C=O) groups is 1. The molecule has 72 valence electrons. The zero-order valence-corrected chi connectivity index (χ0v) is 8.40. The van der Waals surface area contributed by atoms with Crippen LogP contribution < -0.4 is 10.4 Å². The summed E-state index contributed by atoms with van der Waals surface area (Å²) in [4.78, 5) is 19.2. The molecular weight excluding hydrogens is 177 g/mol. The van der Waals surface area contributed by atoms with E-state index in [2.05, 4.69) is 4.98 Å². The fraction of sp³-hybridized carbons (Fsp3) is 0.333. The van der Waals surface area contributed by atoms with Gasteiger partial charge in [0, 0.05) is 26.3 Å². The van der Waals surface area contributed by atoms with Gasteiger partial charge in [0.1, 0.15) is 13.7 Å². The average Bonchev–Trinajstić information content (AvgIpc) is 2.50. The first kappa shape index (κ1) is 9.06. The van der Waals surface area contributed by atoms with Gasteiger partial charge < -0.3 is 4.90 Å². The van der Waals surface area contributed by atoms with Gasteiger partial charge in [-0.1, -0.05) is 11.5 Å². The molecule has 0 bridgehead atoms. The third-order valence-corrected chi connectivity index (χ3v) is 2.39. The molecule has 2 heterocycles. The largest absolute Gasteiger partial charge is 0.326 e. The molecule has 1 aliphatic rings. The summed E-state index contributed by atoms with van der Waals surface area (Å²) < 4.78 is 0. The Balaban J connectivity index is 2.24. The zero-order chi connectivity index (χ0) is 10.1. The second-order valence-electron chi connectivity index (χ2n) is 3.55. The summed E-state index contributed by atoms with van der Waals surface area (Å²) in [6.07, 6.45) is 1.78. The monoisotopic (exact) mass is 189 g/mol. The Morgan fingerprint density at radius 2 is 2.21 bits per heavy atom. The van der Waals surface area contributed by atoms with Crippen molar-refractivity contribution in [1.29, 1.82) is 0 Å². The predicted octanol–water partition coefficient (Wildman–Crippen LogP) is -0.788. The minimum absolute atomic E-state index is 0.0290. The quantitative estimate of drug-likeness (QED) is 0.543. The summed E-state index contributed by atoms with van der Waals surface area (Å²) in [5, 5.41) is 0. The fourth-order valence-corrected chi connectivity index (χ4v) is 1.48. The highest BCUT2D eigenvalue weighted by atomic mass is 16.2. The summed E-state index contributed by atoms with van der Waals surface area (Å²) in [6.45, 7) is 1.50. The molecule has 0 aliphatic carbocycles. The Morgan fingerprint density at radius 3 is 2.71 bits per heavy atom. The Bertz CT molecular complexity index is 352. The van der Waals surface area contributed by atoms with Gasteiger partial charge in [-0.25, -0.2) is 9.78 Å². The van der Waals surface area contributed by atoms with Gasteiger partial charge in [0.25, 0.3) is 0 Å². The summed E-state index contributed by atoms with van der Waals surface area (Å²) in [5.41, 5.74) is 1.11. The van der Waals surface area contributed by atoms with E-state index in [1.807, 2.05) is 20.0 Å². The van der Waals surface area contributed by atoms with E-state index in [1.165, 1.54) is 0 Å². The van der Waals surface area contributed by atoms with Crippen LogP contribution in [0, 0.1) is 0 Å². The van der Waals surface area contributed by atoms with Crippen LogP contribution in [-0.4, -0.2) is 43.9 Å². The van der Waals surface area contributed by atoms with Crippen LogP contribution in [0.5, 0.6) is 0 Å². The molecule has 1 aromatic rings. The fourth-order valence-electron chi connectivity index (χ4n) is 1.48. The van der Waals surface area contributed by atoms with E-state index in [-0.39, 0.29) is 6.03 Å². The van der Waals surface area contributed by atoms with Crippen molar-refractivity contribution in [3.8, 4) is 0 Å². The normalized spacial score (nSPS) is 16.5. The van der Waals surface area contributed by atoms with E-state index < -0.39 is 0 Å². The van der Waals surface area contributed by atoms with Crippen LogP contribution in [0.4, 0.5) is 10.6 Å². The van der Waals surface area contributed by atoms with Gasteiger partial charge in [-0.15, -0.1) is 0 Å². The molecule has 0 radical (unpaired) electrons. The maximum atomic E-state index is 11.6. The van der Waals surface area contributed by atoms with Crippen molar-refractivity contribution in [3.63, 3.8) is 0 Å². The zero-order valence-electron chi connectivity index (χ0n) is 8.40. The van der Waals surface area contributed by atoms with Crippen molar-refractivity contribution in [2.45, 2.75) is 0 Å². The van der Waals surface area contributed by atoms with Crippen molar-refractivity contribution in [3.05, 3.63) is 18.3 Å². The van der Waals surface area contributed by atoms with Gasteiger partial charge in [0.15, 0.2) is 0 Å². The van der Waals surface area contributed by atoms with Gasteiger partial charge in [-0.2, -0.15) is 0 Å². The van der Waals surface area contributed by atoms with Gasteiger partial charge in [-0.3, -0.25) is 4.90 Å². The van der Waals surface area contributed by atoms with E-state index in [0.717, 1.165) is 24.4 Å². The Hall–Kier alpha value is -1.52. The number of amides is 2. The lowest BCUT2D eigenvalue weighted by Crippen LogP contribution is -2.30. The lowest BCUT2D eigenvalue weighted by Gasteiger charge is -2.14. The topological polar surface area (TPSA) is 36.4 Å². The number of likely N-dealkylation sites (N-methyl/N-ethyl adjacent to an activating group) is 1. The van der Waals surface area contributed by atoms with Crippen LogP contribution in [-0.2, 0) is 0 Å². The van der Waals surface area contributed by atoms with Crippen molar-refractivity contribution in [1.82, 2.24) is 9.88 Å². The second-order valence-corrected chi connectivity index (χ2v) is 3.55. The Kier molecular flexibility index (Phi) is 2.15. The molecule has 1 aliphatic heterocycles. The van der Waals surface area contributed by atoms with Gasteiger partial charge in [0.05, 0.1) is 0 Å². The molecule has 1 fully saturated rings. The number of pyridine rings is 1. The van der Waals surface area contributed by atoms with Crippen LogP contribution >= 0.6 is 0 Å². The molecule has 1 saturated heterocycles. The van der Waals surface area contributed by atoms with Gasteiger partial charge in [-0.05, 0) is 6.07 Å². The molecule has 0 saturated carbocycles. The molecule has 2 amide bonds. The highest BCUT2D eigenvalue weighted by Crippen LogP contribution is 2.14. The Morgan fingerprint density at radius 1 is 1.43 bits per heavy atom. The molecule has 0 spiro atoms. The lowest BCUT2D eigenvalue weighted by molar-refractivity contribution is 0.229. The average molecular weight is 189 g/mol. The third kappa shape index (κ3) is 1.45. The number of carbonyl (C=O) groups excluding carboxylic acids is 1. The van der Waals surface area contributed by atoms with E-state index in [9.17, 15) is 4.79 Å². The molecule has 0 aromatic carbocycles. The van der Waals surface area contributed by atoms with Crippen molar-refractivity contribution < 1.29 is 4.79 Å². The van der Waals surface area contributed by atoms with Crippen LogP contribution in [0.25, 0.3) is 0 Å². The van der Waals surface area contributed by atoms with E-state index in [1.54, 1.807) is 23.0 Å². The smallest absolute Gasteiger partial charge is 0.325 e. The minimum atomic E-state index is 0.0290.